The van der Waals surface area contributed by atoms with Crippen LogP contribution in [0.4, 0.5) is 5.82 Å². The summed E-state index contributed by atoms with van der Waals surface area (Å²) < 4.78 is 4.99. The number of carbonyl (C=O) groups excluding carboxylic acids is 1. The fourth-order valence-corrected chi connectivity index (χ4v) is 5.84. The van der Waals surface area contributed by atoms with Crippen molar-refractivity contribution < 1.29 is 9.53 Å². The molecule has 1 aromatic rings. The molecule has 1 aromatic heterocycles. The molecule has 3 atom stereocenters. The van der Waals surface area contributed by atoms with Crippen LogP contribution in [0.15, 0.2) is 10.2 Å². The van der Waals surface area contributed by atoms with Gasteiger partial charge in [-0.3, -0.25) is 4.79 Å². The first-order chi connectivity index (χ1) is 11.6. The second kappa shape index (κ2) is 7.95. The average molecular weight is 368 g/mol. The van der Waals surface area contributed by atoms with Gasteiger partial charge in [0.2, 0.25) is 0 Å². The smallest absolute Gasteiger partial charge is 0.316 e. The fraction of sp³-hybridized carbons (Fsp3) is 0.706. The molecule has 2 heterocycles. The second-order valence-electron chi connectivity index (χ2n) is 6.38. The standard InChI is InChI=1S/C17H25N3O2S2/c1-4-18-15-14-11-7-6-10(3)8-12(11)24-16(14)20-17(19-15)23-9-13(21)22-5-2/h10-12H,4-9H2,1-3H3,(H,18,19,20). The van der Waals surface area contributed by atoms with Crippen molar-refractivity contribution in [1.29, 1.82) is 0 Å². The van der Waals surface area contributed by atoms with Crippen molar-refractivity contribution in [3.05, 3.63) is 5.56 Å². The van der Waals surface area contributed by atoms with Crippen LogP contribution in [0, 0.1) is 5.92 Å². The van der Waals surface area contributed by atoms with E-state index in [1.54, 1.807) is 0 Å². The van der Waals surface area contributed by atoms with Gasteiger partial charge in [0.25, 0.3) is 0 Å². The summed E-state index contributed by atoms with van der Waals surface area (Å²) in [5.41, 5.74) is 1.30. The van der Waals surface area contributed by atoms with Crippen LogP contribution in [0.1, 0.15) is 51.5 Å². The van der Waals surface area contributed by atoms with Crippen LogP contribution in [0.25, 0.3) is 0 Å². The summed E-state index contributed by atoms with van der Waals surface area (Å²) in [6, 6.07) is 0. The number of thioether (sulfide) groups is 2. The minimum atomic E-state index is -0.216. The van der Waals surface area contributed by atoms with Crippen molar-refractivity contribution in [3.8, 4) is 0 Å². The van der Waals surface area contributed by atoms with Gasteiger partial charge in [0.1, 0.15) is 10.8 Å². The second-order valence-corrected chi connectivity index (χ2v) is 8.55. The van der Waals surface area contributed by atoms with Crippen LogP contribution in [-0.4, -0.2) is 40.1 Å². The summed E-state index contributed by atoms with van der Waals surface area (Å²) in [7, 11) is 0. The molecule has 1 N–H and O–H groups in total. The molecule has 2 aliphatic rings. The molecular formula is C17H25N3O2S2. The van der Waals surface area contributed by atoms with E-state index in [1.807, 2.05) is 18.7 Å². The van der Waals surface area contributed by atoms with Gasteiger partial charge in [-0.05, 0) is 32.6 Å². The van der Waals surface area contributed by atoms with Gasteiger partial charge >= 0.3 is 5.97 Å². The molecule has 1 fully saturated rings. The summed E-state index contributed by atoms with van der Waals surface area (Å²) in [6.07, 6.45) is 3.76. The Morgan fingerprint density at radius 1 is 1.38 bits per heavy atom. The topological polar surface area (TPSA) is 64.1 Å². The minimum Gasteiger partial charge on any atom is -0.465 e. The lowest BCUT2D eigenvalue weighted by Gasteiger charge is -2.29. The zero-order valence-corrected chi connectivity index (χ0v) is 16.1. The minimum absolute atomic E-state index is 0.216. The van der Waals surface area contributed by atoms with Gasteiger partial charge in [0, 0.05) is 23.3 Å². The molecule has 24 heavy (non-hydrogen) atoms. The van der Waals surface area contributed by atoms with Crippen LogP contribution in [0.2, 0.25) is 0 Å². The number of ether oxygens (including phenoxy) is 1. The van der Waals surface area contributed by atoms with E-state index in [0.717, 1.165) is 23.3 Å². The number of fused-ring (bicyclic) bond motifs is 3. The summed E-state index contributed by atoms with van der Waals surface area (Å²) in [6.45, 7) is 7.49. The fourth-order valence-electron chi connectivity index (χ4n) is 3.48. The maximum atomic E-state index is 11.6. The lowest BCUT2D eigenvalue weighted by atomic mass is 9.79. The molecule has 7 heteroatoms. The highest BCUT2D eigenvalue weighted by atomic mass is 32.2. The first-order valence-corrected chi connectivity index (χ1v) is 10.6. The average Bonchev–Trinajstić information content (AvgIpc) is 2.91. The molecule has 1 aliphatic heterocycles. The molecule has 3 rings (SSSR count). The molecule has 3 unspecified atom stereocenters. The van der Waals surface area contributed by atoms with Gasteiger partial charge in [0.05, 0.1) is 12.4 Å². The molecule has 0 amide bonds. The van der Waals surface area contributed by atoms with Gasteiger partial charge in [-0.2, -0.15) is 0 Å². The van der Waals surface area contributed by atoms with E-state index < -0.39 is 0 Å². The van der Waals surface area contributed by atoms with Crippen molar-refractivity contribution in [3.63, 3.8) is 0 Å². The number of nitrogens with one attached hydrogen (secondary N) is 1. The molecule has 0 spiro atoms. The summed E-state index contributed by atoms with van der Waals surface area (Å²) in [5, 5.41) is 5.81. The largest absolute Gasteiger partial charge is 0.465 e. The van der Waals surface area contributed by atoms with Crippen molar-refractivity contribution in [1.82, 2.24) is 9.97 Å². The Hall–Kier alpha value is -0.950. The van der Waals surface area contributed by atoms with Crippen LogP contribution < -0.4 is 5.32 Å². The highest BCUT2D eigenvalue weighted by Gasteiger charge is 2.40. The Kier molecular flexibility index (Phi) is 5.92. The van der Waals surface area contributed by atoms with Crippen molar-refractivity contribution in [2.45, 2.75) is 61.4 Å². The lowest BCUT2D eigenvalue weighted by molar-refractivity contribution is -0.139. The number of hydrogen-bond acceptors (Lipinski definition) is 7. The zero-order chi connectivity index (χ0) is 17.1. The van der Waals surface area contributed by atoms with Crippen molar-refractivity contribution in [2.75, 3.05) is 24.2 Å². The van der Waals surface area contributed by atoms with Crippen molar-refractivity contribution >= 4 is 35.3 Å². The molecular weight excluding hydrogens is 342 g/mol. The Morgan fingerprint density at radius 2 is 2.21 bits per heavy atom. The normalized spacial score (nSPS) is 25.0. The monoisotopic (exact) mass is 367 g/mol. The number of anilines is 1. The Balaban J connectivity index is 1.81. The number of hydrogen-bond donors (Lipinski definition) is 1. The van der Waals surface area contributed by atoms with E-state index in [4.69, 9.17) is 14.7 Å². The molecule has 5 nitrogen and oxygen atoms in total. The predicted molar refractivity (Wildman–Crippen MR) is 99.0 cm³/mol. The SMILES string of the molecule is CCNc1nc(SCC(=O)OCC)nc2c1C1CCC(C)CC1S2. The first-order valence-electron chi connectivity index (χ1n) is 8.73. The number of carbonyl (C=O) groups is 1. The number of rotatable bonds is 6. The van der Waals surface area contributed by atoms with Crippen LogP contribution in [-0.2, 0) is 9.53 Å². The molecule has 0 saturated heterocycles. The summed E-state index contributed by atoms with van der Waals surface area (Å²) >= 11 is 3.26. The molecule has 0 aromatic carbocycles. The van der Waals surface area contributed by atoms with Gasteiger partial charge in [-0.15, -0.1) is 11.8 Å². The van der Waals surface area contributed by atoms with Crippen LogP contribution in [0.5, 0.6) is 0 Å². The molecule has 1 saturated carbocycles. The van der Waals surface area contributed by atoms with Gasteiger partial charge < -0.3 is 10.1 Å². The van der Waals surface area contributed by atoms with Crippen LogP contribution >= 0.6 is 23.5 Å². The quantitative estimate of drug-likeness (QED) is 0.353. The number of esters is 1. The Labute approximate surface area is 152 Å². The maximum Gasteiger partial charge on any atom is 0.316 e. The van der Waals surface area contributed by atoms with E-state index in [-0.39, 0.29) is 11.7 Å². The third kappa shape index (κ3) is 3.82. The number of aromatic nitrogens is 2. The predicted octanol–water partition coefficient (Wildman–Crippen LogP) is 3.94. The Bertz CT molecular complexity index is 612. The molecule has 0 bridgehead atoms. The zero-order valence-electron chi connectivity index (χ0n) is 14.5. The van der Waals surface area contributed by atoms with E-state index >= 15 is 0 Å². The lowest BCUT2D eigenvalue weighted by Crippen LogP contribution is -2.21. The number of nitrogens with zero attached hydrogens (tertiary/aromatic N) is 2. The third-order valence-corrected chi connectivity index (χ3v) is 6.73. The first kappa shape index (κ1) is 17.9. The maximum absolute atomic E-state index is 11.6. The summed E-state index contributed by atoms with van der Waals surface area (Å²) in [4.78, 5) is 21.0. The van der Waals surface area contributed by atoms with E-state index in [2.05, 4.69) is 19.2 Å². The Morgan fingerprint density at radius 3 is 2.96 bits per heavy atom. The van der Waals surface area contributed by atoms with E-state index in [0.29, 0.717) is 22.9 Å². The van der Waals surface area contributed by atoms with Gasteiger partial charge in [0.15, 0.2) is 5.16 Å². The molecule has 132 valence electrons. The molecule has 1 aliphatic carbocycles. The summed E-state index contributed by atoms with van der Waals surface area (Å²) in [5.74, 6) is 2.36. The highest BCUT2D eigenvalue weighted by molar-refractivity contribution is 8.00. The van der Waals surface area contributed by atoms with Crippen LogP contribution in [0.3, 0.4) is 0 Å². The molecule has 0 radical (unpaired) electrons. The van der Waals surface area contributed by atoms with Gasteiger partial charge in [-0.1, -0.05) is 25.1 Å². The van der Waals surface area contributed by atoms with E-state index in [1.165, 1.54) is 36.6 Å². The van der Waals surface area contributed by atoms with E-state index in [9.17, 15) is 4.79 Å². The highest BCUT2D eigenvalue weighted by Crippen LogP contribution is 2.54. The van der Waals surface area contributed by atoms with Gasteiger partial charge in [-0.25, -0.2) is 9.97 Å². The third-order valence-electron chi connectivity index (χ3n) is 4.55. The van der Waals surface area contributed by atoms with Crippen molar-refractivity contribution in [2.24, 2.45) is 5.92 Å².